The zero-order valence-corrected chi connectivity index (χ0v) is 8.86. The van der Waals surface area contributed by atoms with Gasteiger partial charge in [0.25, 0.3) is 0 Å². The van der Waals surface area contributed by atoms with E-state index in [0.29, 0.717) is 0 Å². The van der Waals surface area contributed by atoms with Crippen LogP contribution in [0.3, 0.4) is 0 Å². The van der Waals surface area contributed by atoms with Crippen molar-refractivity contribution in [3.63, 3.8) is 0 Å². The maximum absolute atomic E-state index is 9.54. The van der Waals surface area contributed by atoms with Crippen molar-refractivity contribution < 1.29 is 30.3 Å². The van der Waals surface area contributed by atoms with Crippen LogP contribution in [0.5, 0.6) is 0 Å². The number of hydrogen-bond donors (Lipinski definition) is 5. The third-order valence-electron chi connectivity index (χ3n) is 2.64. The van der Waals surface area contributed by atoms with E-state index in [-0.39, 0.29) is 13.2 Å². The highest BCUT2D eigenvalue weighted by Crippen LogP contribution is 2.23. The number of azide groups is 1. The van der Waals surface area contributed by atoms with Crippen LogP contribution in [0.25, 0.3) is 10.4 Å². The molecule has 1 fully saturated rings. The van der Waals surface area contributed by atoms with Crippen LogP contribution in [0.1, 0.15) is 0 Å². The summed E-state index contributed by atoms with van der Waals surface area (Å²) in [7, 11) is 0. The normalized spacial score (nSPS) is 41.9. The monoisotopic (exact) mass is 249 g/mol. The first kappa shape index (κ1) is 14.1. The molecule has 5 N–H and O–H groups in total. The van der Waals surface area contributed by atoms with E-state index in [9.17, 15) is 25.5 Å². The Kier molecular flexibility index (Phi) is 5.09. The predicted octanol–water partition coefficient (Wildman–Crippen LogP) is -2.50. The zero-order chi connectivity index (χ0) is 13.0. The molecule has 0 heterocycles. The van der Waals surface area contributed by atoms with E-state index in [0.717, 1.165) is 0 Å². The number of aliphatic hydroxyl groups is 5. The molecule has 98 valence electrons. The first-order valence-electron chi connectivity index (χ1n) is 5.03. The van der Waals surface area contributed by atoms with Gasteiger partial charge in [-0.3, -0.25) is 0 Å². The highest BCUT2D eigenvalue weighted by molar-refractivity contribution is 4.99. The number of ether oxygens (including phenoxy) is 1. The number of hydrogen-bond acceptors (Lipinski definition) is 7. The van der Waals surface area contributed by atoms with E-state index < -0.39 is 36.6 Å². The molecule has 0 saturated heterocycles. The quantitative estimate of drug-likeness (QED) is 0.160. The molecular weight excluding hydrogens is 234 g/mol. The molecule has 0 aromatic heterocycles. The van der Waals surface area contributed by atoms with Crippen molar-refractivity contribution in [3.05, 3.63) is 10.4 Å². The van der Waals surface area contributed by atoms with E-state index in [4.69, 9.17) is 10.3 Å². The number of rotatable bonds is 4. The smallest absolute Gasteiger partial charge is 0.114 e. The van der Waals surface area contributed by atoms with Crippen molar-refractivity contribution in [2.75, 3.05) is 13.2 Å². The SMILES string of the molecule is [N-]=[N+]=NCCOC1[C@@H](O)[C@H](O)C(O)[C@H](O)[C@H]1O. The lowest BCUT2D eigenvalue weighted by Crippen LogP contribution is -2.64. The molecule has 0 aliphatic heterocycles. The van der Waals surface area contributed by atoms with Crippen molar-refractivity contribution in [1.29, 1.82) is 0 Å². The fraction of sp³-hybridized carbons (Fsp3) is 1.00. The van der Waals surface area contributed by atoms with Gasteiger partial charge in [-0.25, -0.2) is 0 Å². The molecule has 0 aromatic carbocycles. The van der Waals surface area contributed by atoms with E-state index >= 15 is 0 Å². The molecule has 1 rings (SSSR count). The van der Waals surface area contributed by atoms with Crippen LogP contribution >= 0.6 is 0 Å². The molecule has 6 atom stereocenters. The molecule has 2 unspecified atom stereocenters. The summed E-state index contributed by atoms with van der Waals surface area (Å²) in [4.78, 5) is 2.48. The Morgan fingerprint density at radius 2 is 1.41 bits per heavy atom. The van der Waals surface area contributed by atoms with Crippen LogP contribution in [-0.2, 0) is 4.74 Å². The summed E-state index contributed by atoms with van der Waals surface area (Å²) in [5.74, 6) is 0. The lowest BCUT2D eigenvalue weighted by atomic mass is 9.85. The van der Waals surface area contributed by atoms with E-state index in [1.807, 2.05) is 0 Å². The van der Waals surface area contributed by atoms with Crippen molar-refractivity contribution in [1.82, 2.24) is 0 Å². The van der Waals surface area contributed by atoms with Crippen LogP contribution in [0.4, 0.5) is 0 Å². The van der Waals surface area contributed by atoms with Gasteiger partial charge in [0.05, 0.1) is 6.61 Å². The molecule has 1 saturated carbocycles. The highest BCUT2D eigenvalue weighted by Gasteiger charge is 2.48. The van der Waals surface area contributed by atoms with Gasteiger partial charge in [0.15, 0.2) is 0 Å². The fourth-order valence-electron chi connectivity index (χ4n) is 1.67. The zero-order valence-electron chi connectivity index (χ0n) is 8.86. The topological polar surface area (TPSA) is 159 Å². The molecule has 17 heavy (non-hydrogen) atoms. The largest absolute Gasteiger partial charge is 0.387 e. The Labute approximate surface area is 96.5 Å². The predicted molar refractivity (Wildman–Crippen MR) is 53.8 cm³/mol. The molecule has 0 aromatic rings. The third kappa shape index (κ3) is 3.05. The van der Waals surface area contributed by atoms with Gasteiger partial charge in [-0.1, -0.05) is 5.11 Å². The Balaban J connectivity index is 2.59. The first-order chi connectivity index (χ1) is 8.00. The number of nitrogens with zero attached hydrogens (tertiary/aromatic N) is 3. The molecule has 0 amide bonds. The standard InChI is InChI=1S/C8H15N3O6/c9-11-10-1-2-17-8-6(15)4(13)3(12)5(14)7(8)16/h3-8,12-16H,1-2H2/t3?,4-,5+,6+,7-,8?. The Bertz CT molecular complexity index is 281. The minimum absolute atomic E-state index is 0.0127. The van der Waals surface area contributed by atoms with Crippen LogP contribution < -0.4 is 0 Å². The molecule has 0 bridgehead atoms. The van der Waals surface area contributed by atoms with Crippen molar-refractivity contribution >= 4 is 0 Å². The van der Waals surface area contributed by atoms with Gasteiger partial charge in [0.2, 0.25) is 0 Å². The van der Waals surface area contributed by atoms with Crippen molar-refractivity contribution in [2.24, 2.45) is 5.11 Å². The average molecular weight is 249 g/mol. The second-order valence-electron chi connectivity index (χ2n) is 3.74. The van der Waals surface area contributed by atoms with Crippen LogP contribution in [0.2, 0.25) is 0 Å². The first-order valence-corrected chi connectivity index (χ1v) is 5.03. The average Bonchev–Trinajstić information content (AvgIpc) is 2.33. The van der Waals surface area contributed by atoms with Crippen LogP contribution in [0.15, 0.2) is 5.11 Å². The summed E-state index contributed by atoms with van der Waals surface area (Å²) in [5, 5.41) is 50.3. The van der Waals surface area contributed by atoms with Gasteiger partial charge in [0, 0.05) is 11.5 Å². The molecule has 0 spiro atoms. The molecule has 1 aliphatic rings. The second-order valence-corrected chi connectivity index (χ2v) is 3.74. The van der Waals surface area contributed by atoms with Gasteiger partial charge in [-0.2, -0.15) is 0 Å². The molecule has 0 radical (unpaired) electrons. The summed E-state index contributed by atoms with van der Waals surface area (Å²) in [5.41, 5.74) is 8.02. The summed E-state index contributed by atoms with van der Waals surface area (Å²) < 4.78 is 5.00. The minimum atomic E-state index is -1.64. The lowest BCUT2D eigenvalue weighted by molar-refractivity contribution is -0.234. The van der Waals surface area contributed by atoms with Gasteiger partial charge in [-0.05, 0) is 5.53 Å². The fourth-order valence-corrected chi connectivity index (χ4v) is 1.67. The van der Waals surface area contributed by atoms with Gasteiger partial charge in [-0.15, -0.1) is 0 Å². The summed E-state index contributed by atoms with van der Waals surface area (Å²) in [6, 6.07) is 0. The second kappa shape index (κ2) is 6.12. The minimum Gasteiger partial charge on any atom is -0.387 e. The summed E-state index contributed by atoms with van der Waals surface area (Å²) in [6.07, 6.45) is -9.19. The third-order valence-corrected chi connectivity index (χ3v) is 2.64. The van der Waals surface area contributed by atoms with Gasteiger partial charge < -0.3 is 30.3 Å². The summed E-state index contributed by atoms with van der Waals surface area (Å²) >= 11 is 0. The van der Waals surface area contributed by atoms with Crippen molar-refractivity contribution in [2.45, 2.75) is 36.6 Å². The van der Waals surface area contributed by atoms with Crippen LogP contribution in [-0.4, -0.2) is 75.3 Å². The molecule has 9 nitrogen and oxygen atoms in total. The van der Waals surface area contributed by atoms with Crippen molar-refractivity contribution in [3.8, 4) is 0 Å². The van der Waals surface area contributed by atoms with E-state index in [1.165, 1.54) is 0 Å². The Hall–Kier alpha value is -0.930. The number of aliphatic hydroxyl groups excluding tert-OH is 5. The summed E-state index contributed by atoms with van der Waals surface area (Å²) in [6.45, 7) is -0.0977. The Morgan fingerprint density at radius 3 is 1.88 bits per heavy atom. The maximum Gasteiger partial charge on any atom is 0.114 e. The van der Waals surface area contributed by atoms with E-state index in [1.54, 1.807) is 0 Å². The van der Waals surface area contributed by atoms with E-state index in [2.05, 4.69) is 10.0 Å². The Morgan fingerprint density at radius 1 is 0.941 bits per heavy atom. The van der Waals surface area contributed by atoms with Crippen LogP contribution in [0, 0.1) is 0 Å². The van der Waals surface area contributed by atoms with Gasteiger partial charge in [0.1, 0.15) is 36.6 Å². The maximum atomic E-state index is 9.54. The molecule has 9 heteroatoms. The van der Waals surface area contributed by atoms with Gasteiger partial charge >= 0.3 is 0 Å². The molecule has 1 aliphatic carbocycles. The highest BCUT2D eigenvalue weighted by atomic mass is 16.5. The lowest BCUT2D eigenvalue weighted by Gasteiger charge is -2.41. The molecular formula is C8H15N3O6.